The van der Waals surface area contributed by atoms with Gasteiger partial charge in [-0.25, -0.2) is 9.78 Å². The van der Waals surface area contributed by atoms with Crippen LogP contribution >= 0.6 is 0 Å². The zero-order valence-corrected chi connectivity index (χ0v) is 20.2. The standard InChI is InChI=1S/C26H34N6O/c1-26(2,3)29-24-23(20-11-13-21(14-12-20)30(4)5)28-22-18-31(15-16-32(22)24)25(33)27-17-19-9-7-6-8-10-19/h6-14,29H,15-18H2,1-5H3,(H,27,33). The van der Waals surface area contributed by atoms with Crippen LogP contribution in [0.25, 0.3) is 11.3 Å². The van der Waals surface area contributed by atoms with Crippen molar-refractivity contribution in [3.05, 3.63) is 66.0 Å². The number of anilines is 2. The van der Waals surface area contributed by atoms with Gasteiger partial charge in [-0.05, 0) is 38.5 Å². The van der Waals surface area contributed by atoms with Gasteiger partial charge in [-0.3, -0.25) is 0 Å². The van der Waals surface area contributed by atoms with E-state index in [-0.39, 0.29) is 11.6 Å². The molecule has 0 fully saturated rings. The number of nitrogens with zero attached hydrogens (tertiary/aromatic N) is 4. The third-order valence-corrected chi connectivity index (χ3v) is 5.70. The molecule has 33 heavy (non-hydrogen) atoms. The highest BCUT2D eigenvalue weighted by Gasteiger charge is 2.28. The molecule has 2 amide bonds. The fourth-order valence-corrected chi connectivity index (χ4v) is 3.99. The van der Waals surface area contributed by atoms with Crippen LogP contribution in [0.1, 0.15) is 32.2 Å². The van der Waals surface area contributed by atoms with Crippen molar-refractivity contribution in [2.75, 3.05) is 30.9 Å². The van der Waals surface area contributed by atoms with Gasteiger partial charge in [0.2, 0.25) is 0 Å². The maximum Gasteiger partial charge on any atom is 0.318 e. The Kier molecular flexibility index (Phi) is 6.31. The van der Waals surface area contributed by atoms with Crippen molar-refractivity contribution in [3.63, 3.8) is 0 Å². The largest absolute Gasteiger partial charge is 0.378 e. The first kappa shape index (κ1) is 22.7. The molecule has 2 N–H and O–H groups in total. The number of hydrogen-bond acceptors (Lipinski definition) is 4. The van der Waals surface area contributed by atoms with Gasteiger partial charge in [0, 0.05) is 50.5 Å². The van der Waals surface area contributed by atoms with E-state index in [0.717, 1.165) is 34.2 Å². The van der Waals surface area contributed by atoms with Gasteiger partial charge in [-0.15, -0.1) is 0 Å². The number of imidazole rings is 1. The minimum absolute atomic E-state index is 0.0599. The Morgan fingerprint density at radius 2 is 1.73 bits per heavy atom. The van der Waals surface area contributed by atoms with Gasteiger partial charge in [0.25, 0.3) is 0 Å². The van der Waals surface area contributed by atoms with Crippen LogP contribution in [0.15, 0.2) is 54.6 Å². The van der Waals surface area contributed by atoms with Crippen LogP contribution in [0.2, 0.25) is 0 Å². The molecule has 2 heterocycles. The predicted octanol–water partition coefficient (Wildman–Crippen LogP) is 4.55. The second-order valence-corrected chi connectivity index (χ2v) is 9.76. The summed E-state index contributed by atoms with van der Waals surface area (Å²) in [6.45, 7) is 8.80. The number of amides is 2. The van der Waals surface area contributed by atoms with E-state index >= 15 is 0 Å². The summed E-state index contributed by atoms with van der Waals surface area (Å²) in [6, 6.07) is 18.4. The number of carbonyl (C=O) groups excluding carboxylic acids is 1. The Morgan fingerprint density at radius 3 is 2.36 bits per heavy atom. The number of aromatic nitrogens is 2. The molecule has 1 aliphatic heterocycles. The van der Waals surface area contributed by atoms with E-state index in [9.17, 15) is 4.79 Å². The highest BCUT2D eigenvalue weighted by molar-refractivity contribution is 5.76. The monoisotopic (exact) mass is 446 g/mol. The van der Waals surface area contributed by atoms with E-state index in [1.165, 1.54) is 0 Å². The summed E-state index contributed by atoms with van der Waals surface area (Å²) >= 11 is 0. The van der Waals surface area contributed by atoms with Crippen molar-refractivity contribution in [2.24, 2.45) is 0 Å². The highest BCUT2D eigenvalue weighted by Crippen LogP contribution is 2.33. The Hall–Kier alpha value is -3.48. The third-order valence-electron chi connectivity index (χ3n) is 5.70. The first-order chi connectivity index (χ1) is 15.7. The van der Waals surface area contributed by atoms with E-state index in [4.69, 9.17) is 4.98 Å². The molecule has 0 aliphatic carbocycles. The SMILES string of the molecule is CN(C)c1ccc(-c2nc3n(c2NC(C)(C)C)CCN(C(=O)NCc2ccccc2)C3)cc1. The molecule has 1 aliphatic rings. The number of benzene rings is 2. The number of urea groups is 1. The lowest BCUT2D eigenvalue weighted by Gasteiger charge is -2.30. The number of hydrogen-bond donors (Lipinski definition) is 2. The lowest BCUT2D eigenvalue weighted by molar-refractivity contribution is 0.182. The first-order valence-electron chi connectivity index (χ1n) is 11.4. The number of rotatable bonds is 5. The molecule has 4 rings (SSSR count). The van der Waals surface area contributed by atoms with Crippen molar-refractivity contribution in [2.45, 2.75) is 45.9 Å². The number of carbonyl (C=O) groups is 1. The molecule has 0 radical (unpaired) electrons. The van der Waals surface area contributed by atoms with Gasteiger partial charge in [0.15, 0.2) is 0 Å². The molecule has 0 saturated carbocycles. The summed E-state index contributed by atoms with van der Waals surface area (Å²) in [5.74, 6) is 1.91. The van der Waals surface area contributed by atoms with Gasteiger partial charge in [-0.2, -0.15) is 0 Å². The van der Waals surface area contributed by atoms with E-state index in [0.29, 0.717) is 26.2 Å². The topological polar surface area (TPSA) is 65.4 Å². The van der Waals surface area contributed by atoms with Crippen LogP contribution in [0.4, 0.5) is 16.3 Å². The quantitative estimate of drug-likeness (QED) is 0.603. The van der Waals surface area contributed by atoms with Gasteiger partial charge in [0.1, 0.15) is 17.3 Å². The average molecular weight is 447 g/mol. The Balaban J connectivity index is 1.57. The highest BCUT2D eigenvalue weighted by atomic mass is 16.2. The van der Waals surface area contributed by atoms with Crippen LogP contribution in [0.5, 0.6) is 0 Å². The second kappa shape index (κ2) is 9.17. The molecule has 174 valence electrons. The summed E-state index contributed by atoms with van der Waals surface area (Å²) in [5, 5.41) is 6.69. The second-order valence-electron chi connectivity index (χ2n) is 9.76. The van der Waals surface area contributed by atoms with E-state index in [2.05, 4.69) is 65.1 Å². The van der Waals surface area contributed by atoms with Crippen LogP contribution in [-0.4, -0.2) is 46.7 Å². The number of fused-ring (bicyclic) bond motifs is 1. The van der Waals surface area contributed by atoms with E-state index < -0.39 is 0 Å². The van der Waals surface area contributed by atoms with Crippen LogP contribution < -0.4 is 15.5 Å². The van der Waals surface area contributed by atoms with Crippen LogP contribution in [0.3, 0.4) is 0 Å². The van der Waals surface area contributed by atoms with Gasteiger partial charge < -0.3 is 25.0 Å². The van der Waals surface area contributed by atoms with Crippen LogP contribution in [0, 0.1) is 0 Å². The molecule has 0 spiro atoms. The van der Waals surface area contributed by atoms with E-state index in [1.807, 2.05) is 49.3 Å². The minimum Gasteiger partial charge on any atom is -0.378 e. The van der Waals surface area contributed by atoms with Crippen molar-refractivity contribution < 1.29 is 4.79 Å². The minimum atomic E-state index is -0.112. The van der Waals surface area contributed by atoms with Crippen molar-refractivity contribution in [3.8, 4) is 11.3 Å². The average Bonchev–Trinajstić information content (AvgIpc) is 3.14. The first-order valence-corrected chi connectivity index (χ1v) is 11.4. The maximum absolute atomic E-state index is 12.8. The zero-order valence-electron chi connectivity index (χ0n) is 20.2. The Morgan fingerprint density at radius 1 is 1.03 bits per heavy atom. The normalized spacial score (nSPS) is 13.4. The van der Waals surface area contributed by atoms with E-state index in [1.54, 1.807) is 0 Å². The summed E-state index contributed by atoms with van der Waals surface area (Å²) < 4.78 is 2.22. The summed E-state index contributed by atoms with van der Waals surface area (Å²) in [4.78, 5) is 21.8. The van der Waals surface area contributed by atoms with Gasteiger partial charge in [-0.1, -0.05) is 42.5 Å². The maximum atomic E-state index is 12.8. The third kappa shape index (κ3) is 5.30. The van der Waals surface area contributed by atoms with Gasteiger partial charge >= 0.3 is 6.03 Å². The van der Waals surface area contributed by atoms with Crippen molar-refractivity contribution >= 4 is 17.5 Å². The molecule has 0 saturated heterocycles. The molecule has 3 aromatic rings. The molecule has 0 unspecified atom stereocenters. The molecule has 0 atom stereocenters. The lowest BCUT2D eigenvalue weighted by atomic mass is 10.1. The van der Waals surface area contributed by atoms with Crippen molar-refractivity contribution in [1.29, 1.82) is 0 Å². The Labute approximate surface area is 196 Å². The molecule has 0 bridgehead atoms. The Bertz CT molecular complexity index is 1100. The summed E-state index contributed by atoms with van der Waals surface area (Å²) in [7, 11) is 4.07. The molecule has 7 nitrogen and oxygen atoms in total. The van der Waals surface area contributed by atoms with Crippen LogP contribution in [-0.2, 0) is 19.6 Å². The summed E-state index contributed by atoms with van der Waals surface area (Å²) in [5.41, 5.74) is 4.11. The molecule has 1 aromatic heterocycles. The predicted molar refractivity (Wildman–Crippen MR) is 134 cm³/mol. The van der Waals surface area contributed by atoms with Crippen molar-refractivity contribution in [1.82, 2.24) is 19.8 Å². The fourth-order valence-electron chi connectivity index (χ4n) is 3.99. The molecule has 2 aromatic carbocycles. The molecular formula is C26H34N6O. The molecule has 7 heteroatoms. The lowest BCUT2D eigenvalue weighted by Crippen LogP contribution is -2.44. The fraction of sp³-hybridized carbons (Fsp3) is 0.385. The zero-order chi connectivity index (χ0) is 23.6. The number of nitrogens with one attached hydrogen (secondary N) is 2. The van der Waals surface area contributed by atoms with Gasteiger partial charge in [0.05, 0.1) is 6.54 Å². The summed E-state index contributed by atoms with van der Waals surface area (Å²) in [6.07, 6.45) is 0. The molecular weight excluding hydrogens is 412 g/mol. The smallest absolute Gasteiger partial charge is 0.318 e.